The molecule has 0 N–H and O–H groups in total. The quantitative estimate of drug-likeness (QED) is 0.156. The van der Waals surface area contributed by atoms with Crippen molar-refractivity contribution < 1.29 is 23.0 Å². The molecule has 0 saturated heterocycles. The molecule has 1 unspecified atom stereocenters. The Hall–Kier alpha value is -2.01. The van der Waals surface area contributed by atoms with Gasteiger partial charge in [0.05, 0.1) is 6.61 Å². The number of alkyl halides is 2. The average Bonchev–Trinajstić information content (AvgIpc) is 2.78. The van der Waals surface area contributed by atoms with Crippen LogP contribution in [0.3, 0.4) is 0 Å². The van der Waals surface area contributed by atoms with Crippen LogP contribution in [0.5, 0.6) is 0 Å². The van der Waals surface area contributed by atoms with Crippen LogP contribution < -0.4 is 0 Å². The highest BCUT2D eigenvalue weighted by Gasteiger charge is 2.57. The molecule has 1 aliphatic rings. The van der Waals surface area contributed by atoms with Gasteiger partial charge in [-0.25, -0.2) is 0 Å². The van der Waals surface area contributed by atoms with Crippen molar-refractivity contribution in [1.82, 2.24) is 0 Å². The number of carbonyl (C=O) groups excluding carboxylic acids is 1. The van der Waals surface area contributed by atoms with Crippen LogP contribution in [0.15, 0.2) is 48.6 Å². The summed E-state index contributed by atoms with van der Waals surface area (Å²) < 4.78 is 41.8. The molecule has 0 aromatic heterocycles. The van der Waals surface area contributed by atoms with Crippen molar-refractivity contribution in [3.05, 3.63) is 54.1 Å². The summed E-state index contributed by atoms with van der Waals surface area (Å²) in [5.74, 6) is -6.52. The Morgan fingerprint density at radius 3 is 2.16 bits per heavy atom. The van der Waals surface area contributed by atoms with Gasteiger partial charge >= 0.3 is 17.7 Å². The molecule has 0 amide bonds. The Balaban J connectivity index is 2.09. The molecule has 0 fully saturated rings. The van der Waals surface area contributed by atoms with Gasteiger partial charge in [0.25, 0.3) is 0 Å². The fourth-order valence-electron chi connectivity index (χ4n) is 3.76. The lowest BCUT2D eigenvalue weighted by Gasteiger charge is -2.38. The Kier molecular flexibility index (Phi) is 11.1. The number of hydrogen-bond acceptors (Lipinski definition) is 3. The lowest BCUT2D eigenvalue weighted by Crippen LogP contribution is -2.52. The molecule has 1 aromatic carbocycles. The van der Waals surface area contributed by atoms with Crippen LogP contribution in [-0.2, 0) is 14.3 Å². The minimum absolute atomic E-state index is 0.112. The Labute approximate surface area is 191 Å². The van der Waals surface area contributed by atoms with Crippen molar-refractivity contribution in [2.45, 2.75) is 96.2 Å². The highest BCUT2D eigenvalue weighted by molar-refractivity contribution is 5.77. The first-order valence-electron chi connectivity index (χ1n) is 12.1. The van der Waals surface area contributed by atoms with E-state index in [1.807, 2.05) is 6.07 Å². The number of rotatable bonds is 15. The SMILES string of the molecule is CCCCCCCCOC1(OC(=O)CCCCCC)C=CC(c2ccccc2)=CC1(F)F. The fourth-order valence-corrected chi connectivity index (χ4v) is 3.76. The summed E-state index contributed by atoms with van der Waals surface area (Å²) in [4.78, 5) is 12.4. The molecule has 0 heterocycles. The second kappa shape index (κ2) is 13.5. The molecule has 3 nitrogen and oxygen atoms in total. The summed E-state index contributed by atoms with van der Waals surface area (Å²) in [5.41, 5.74) is 1.06. The Bertz CT molecular complexity index is 743. The zero-order valence-electron chi connectivity index (χ0n) is 19.6. The monoisotopic (exact) mass is 448 g/mol. The standard InChI is InChI=1S/C27H38F2O3/c1-3-5-7-9-10-15-21-31-27(32-25(30)18-14-8-6-4-2)20-19-24(22-26(27,28)29)23-16-12-11-13-17-23/h11-13,16-17,19-20,22H,3-10,14-15,18,21H2,1-2H3. The van der Waals surface area contributed by atoms with Crippen LogP contribution in [0, 0.1) is 0 Å². The molecule has 1 aromatic rings. The summed E-state index contributed by atoms with van der Waals surface area (Å²) in [6.07, 6.45) is 13.4. The molecule has 1 aliphatic carbocycles. The lowest BCUT2D eigenvalue weighted by molar-refractivity contribution is -0.282. The van der Waals surface area contributed by atoms with Crippen LogP contribution in [0.4, 0.5) is 8.78 Å². The van der Waals surface area contributed by atoms with E-state index in [0.717, 1.165) is 51.0 Å². The van der Waals surface area contributed by atoms with E-state index in [9.17, 15) is 4.79 Å². The predicted octanol–water partition coefficient (Wildman–Crippen LogP) is 7.86. The van der Waals surface area contributed by atoms with E-state index in [1.54, 1.807) is 30.3 Å². The van der Waals surface area contributed by atoms with Gasteiger partial charge in [-0.15, -0.1) is 0 Å². The molecule has 2 rings (SSSR count). The second-order valence-electron chi connectivity index (χ2n) is 8.49. The van der Waals surface area contributed by atoms with Crippen molar-refractivity contribution in [1.29, 1.82) is 0 Å². The van der Waals surface area contributed by atoms with Crippen LogP contribution in [-0.4, -0.2) is 24.3 Å². The van der Waals surface area contributed by atoms with Gasteiger partial charge in [0.15, 0.2) is 0 Å². The van der Waals surface area contributed by atoms with E-state index in [-0.39, 0.29) is 13.0 Å². The number of allylic oxidation sites excluding steroid dienone is 2. The predicted molar refractivity (Wildman–Crippen MR) is 125 cm³/mol. The maximum atomic E-state index is 15.4. The van der Waals surface area contributed by atoms with E-state index in [1.165, 1.54) is 12.5 Å². The van der Waals surface area contributed by atoms with Crippen molar-refractivity contribution >= 4 is 11.5 Å². The van der Waals surface area contributed by atoms with Crippen LogP contribution in [0.25, 0.3) is 5.57 Å². The molecular formula is C27H38F2O3. The molecule has 1 atom stereocenters. The van der Waals surface area contributed by atoms with Gasteiger partial charge in [0, 0.05) is 6.42 Å². The summed E-state index contributed by atoms with van der Waals surface area (Å²) in [6, 6.07) is 8.99. The zero-order chi connectivity index (χ0) is 23.3. The van der Waals surface area contributed by atoms with E-state index in [2.05, 4.69) is 13.8 Å². The molecule has 0 radical (unpaired) electrons. The summed E-state index contributed by atoms with van der Waals surface area (Å²) in [7, 11) is 0. The average molecular weight is 449 g/mol. The fraction of sp³-hybridized carbons (Fsp3) is 0.593. The summed E-state index contributed by atoms with van der Waals surface area (Å²) in [6.45, 7) is 4.34. The molecule has 0 spiro atoms. The van der Waals surface area contributed by atoms with E-state index >= 15 is 8.78 Å². The van der Waals surface area contributed by atoms with Crippen LogP contribution in [0.2, 0.25) is 0 Å². The summed E-state index contributed by atoms with van der Waals surface area (Å²) >= 11 is 0. The van der Waals surface area contributed by atoms with Gasteiger partial charge in [-0.3, -0.25) is 4.79 Å². The number of ether oxygens (including phenoxy) is 2. The minimum atomic E-state index is -3.48. The van der Waals surface area contributed by atoms with Crippen LogP contribution in [0.1, 0.15) is 90.0 Å². The van der Waals surface area contributed by atoms with E-state index in [0.29, 0.717) is 24.0 Å². The third kappa shape index (κ3) is 7.84. The zero-order valence-corrected chi connectivity index (χ0v) is 19.6. The first-order chi connectivity index (χ1) is 15.4. The third-order valence-corrected chi connectivity index (χ3v) is 5.71. The molecule has 178 valence electrons. The molecule has 0 aliphatic heterocycles. The Morgan fingerprint density at radius 2 is 1.50 bits per heavy atom. The van der Waals surface area contributed by atoms with Gasteiger partial charge in [0.2, 0.25) is 0 Å². The normalized spacial score (nSPS) is 19.6. The van der Waals surface area contributed by atoms with Crippen molar-refractivity contribution in [2.75, 3.05) is 6.61 Å². The highest BCUT2D eigenvalue weighted by atomic mass is 19.3. The topological polar surface area (TPSA) is 35.5 Å². The largest absolute Gasteiger partial charge is 0.422 e. The third-order valence-electron chi connectivity index (χ3n) is 5.71. The molecule has 5 heteroatoms. The first kappa shape index (κ1) is 26.2. The van der Waals surface area contributed by atoms with Gasteiger partial charge in [-0.1, -0.05) is 102 Å². The number of benzene rings is 1. The van der Waals surface area contributed by atoms with E-state index in [4.69, 9.17) is 9.47 Å². The first-order valence-corrected chi connectivity index (χ1v) is 12.1. The van der Waals surface area contributed by atoms with Gasteiger partial charge in [-0.2, -0.15) is 8.78 Å². The van der Waals surface area contributed by atoms with Crippen molar-refractivity contribution in [2.24, 2.45) is 0 Å². The highest BCUT2D eigenvalue weighted by Crippen LogP contribution is 2.42. The number of unbranched alkanes of at least 4 members (excludes halogenated alkanes) is 8. The molecule has 0 saturated carbocycles. The second-order valence-corrected chi connectivity index (χ2v) is 8.49. The number of halogens is 2. The summed E-state index contributed by atoms with van der Waals surface area (Å²) in [5, 5.41) is 0. The number of esters is 1. The van der Waals surface area contributed by atoms with Gasteiger partial charge in [-0.05, 0) is 36.1 Å². The van der Waals surface area contributed by atoms with Crippen molar-refractivity contribution in [3.63, 3.8) is 0 Å². The van der Waals surface area contributed by atoms with Crippen molar-refractivity contribution in [3.8, 4) is 0 Å². The maximum absolute atomic E-state index is 15.4. The van der Waals surface area contributed by atoms with Crippen LogP contribution >= 0.6 is 0 Å². The van der Waals surface area contributed by atoms with Gasteiger partial charge < -0.3 is 9.47 Å². The number of hydrogen-bond donors (Lipinski definition) is 0. The smallest absolute Gasteiger partial charge is 0.335 e. The molecular weight excluding hydrogens is 410 g/mol. The minimum Gasteiger partial charge on any atom is -0.422 e. The molecule has 0 bridgehead atoms. The maximum Gasteiger partial charge on any atom is 0.335 e. The lowest BCUT2D eigenvalue weighted by atomic mass is 9.93. The van der Waals surface area contributed by atoms with Gasteiger partial charge in [0.1, 0.15) is 0 Å². The molecule has 32 heavy (non-hydrogen) atoms. The number of carbonyl (C=O) groups is 1. The van der Waals surface area contributed by atoms with E-state index < -0.39 is 17.7 Å². The Morgan fingerprint density at radius 1 is 0.875 bits per heavy atom.